The minimum Gasteiger partial charge on any atom is -0.366 e. The molecule has 3 rings (SSSR count). The molecule has 27 heavy (non-hydrogen) atoms. The maximum Gasteiger partial charge on any atom is 0.283 e. The van der Waals surface area contributed by atoms with Gasteiger partial charge in [-0.2, -0.15) is 0 Å². The number of primary amides is 1. The molecule has 1 aromatic rings. The van der Waals surface area contributed by atoms with Gasteiger partial charge < -0.3 is 10.6 Å². The van der Waals surface area contributed by atoms with Crippen molar-refractivity contribution in [3.05, 3.63) is 33.9 Å². The third kappa shape index (κ3) is 4.80. The zero-order valence-electron chi connectivity index (χ0n) is 15.4. The molecule has 2 fully saturated rings. The number of carbonyl (C=O) groups is 2. The van der Waals surface area contributed by atoms with E-state index in [1.165, 1.54) is 18.2 Å². The van der Waals surface area contributed by atoms with Gasteiger partial charge in [0, 0.05) is 23.7 Å². The monoisotopic (exact) mass is 391 g/mol. The van der Waals surface area contributed by atoms with Crippen LogP contribution in [-0.2, 0) is 4.79 Å². The Bertz CT molecular complexity index is 742. The van der Waals surface area contributed by atoms with Crippen LogP contribution in [-0.4, -0.2) is 39.5 Å². The van der Waals surface area contributed by atoms with Crippen LogP contribution in [0.2, 0.25) is 0 Å². The van der Waals surface area contributed by atoms with Crippen LogP contribution in [0.4, 0.5) is 5.69 Å². The summed E-state index contributed by atoms with van der Waals surface area (Å²) in [5, 5.41) is 11.3. The molecule has 7 nitrogen and oxygen atoms in total. The van der Waals surface area contributed by atoms with E-state index < -0.39 is 10.8 Å². The molecule has 2 amide bonds. The van der Waals surface area contributed by atoms with Crippen molar-refractivity contribution in [1.82, 2.24) is 4.90 Å². The first kappa shape index (κ1) is 19.7. The van der Waals surface area contributed by atoms with E-state index in [4.69, 9.17) is 5.73 Å². The van der Waals surface area contributed by atoms with Crippen LogP contribution in [0.25, 0.3) is 0 Å². The molecule has 0 bridgehead atoms. The highest BCUT2D eigenvalue weighted by Gasteiger charge is 2.38. The largest absolute Gasteiger partial charge is 0.366 e. The van der Waals surface area contributed by atoms with E-state index in [1.54, 1.807) is 0 Å². The predicted molar refractivity (Wildman–Crippen MR) is 104 cm³/mol. The SMILES string of the molecule is CC1CCC(N(C(=O)CSc2ccc(C(N)=O)cc2[N+](=O)[O-])C2CC2)CC1. The van der Waals surface area contributed by atoms with Gasteiger partial charge in [0.1, 0.15) is 0 Å². The summed E-state index contributed by atoms with van der Waals surface area (Å²) in [6, 6.07) is 4.78. The van der Waals surface area contributed by atoms with Crippen molar-refractivity contribution in [1.29, 1.82) is 0 Å². The van der Waals surface area contributed by atoms with Crippen LogP contribution in [0, 0.1) is 16.0 Å². The van der Waals surface area contributed by atoms with Crippen LogP contribution in [0.1, 0.15) is 55.8 Å². The minimum atomic E-state index is -0.711. The normalized spacial score (nSPS) is 22.3. The summed E-state index contributed by atoms with van der Waals surface area (Å²) in [6.45, 7) is 2.25. The molecule has 0 atom stereocenters. The number of nitrogens with two attached hydrogens (primary N) is 1. The first-order chi connectivity index (χ1) is 12.9. The Balaban J connectivity index is 1.68. The van der Waals surface area contributed by atoms with Crippen molar-refractivity contribution in [3.8, 4) is 0 Å². The highest BCUT2D eigenvalue weighted by Crippen LogP contribution is 2.37. The van der Waals surface area contributed by atoms with E-state index in [-0.39, 0.29) is 22.9 Å². The Morgan fingerprint density at radius 3 is 2.30 bits per heavy atom. The smallest absolute Gasteiger partial charge is 0.283 e. The van der Waals surface area contributed by atoms with Crippen molar-refractivity contribution < 1.29 is 14.5 Å². The highest BCUT2D eigenvalue weighted by atomic mass is 32.2. The summed E-state index contributed by atoms with van der Waals surface area (Å²) >= 11 is 1.16. The van der Waals surface area contributed by atoms with Crippen molar-refractivity contribution in [2.45, 2.75) is 62.4 Å². The van der Waals surface area contributed by atoms with Gasteiger partial charge in [-0.15, -0.1) is 11.8 Å². The number of amides is 2. The van der Waals surface area contributed by atoms with Crippen LogP contribution in [0.15, 0.2) is 23.1 Å². The third-order valence-corrected chi connectivity index (χ3v) is 6.45. The van der Waals surface area contributed by atoms with Gasteiger partial charge in [0.2, 0.25) is 11.8 Å². The summed E-state index contributed by atoms with van der Waals surface area (Å²) in [7, 11) is 0. The molecule has 2 saturated carbocycles. The van der Waals surface area contributed by atoms with Gasteiger partial charge in [-0.05, 0) is 56.6 Å². The lowest BCUT2D eigenvalue weighted by atomic mass is 9.86. The molecule has 8 heteroatoms. The molecule has 2 N–H and O–H groups in total. The van der Waals surface area contributed by atoms with Gasteiger partial charge >= 0.3 is 0 Å². The molecule has 146 valence electrons. The van der Waals surface area contributed by atoms with Crippen molar-refractivity contribution in [2.75, 3.05) is 5.75 Å². The Hall–Kier alpha value is -2.09. The maximum absolute atomic E-state index is 12.9. The number of carbonyl (C=O) groups excluding carboxylic acids is 2. The number of benzene rings is 1. The van der Waals surface area contributed by atoms with E-state index in [2.05, 4.69) is 6.92 Å². The molecule has 0 spiro atoms. The number of nitro groups is 1. The van der Waals surface area contributed by atoms with Gasteiger partial charge in [0.15, 0.2) is 0 Å². The average Bonchev–Trinajstić information content (AvgIpc) is 3.46. The number of hydrogen-bond acceptors (Lipinski definition) is 5. The molecule has 0 aliphatic heterocycles. The summed E-state index contributed by atoms with van der Waals surface area (Å²) in [5.41, 5.74) is 5.10. The van der Waals surface area contributed by atoms with Crippen LogP contribution in [0.5, 0.6) is 0 Å². The lowest BCUT2D eigenvalue weighted by molar-refractivity contribution is -0.387. The predicted octanol–water partition coefficient (Wildman–Crippen LogP) is 3.36. The van der Waals surface area contributed by atoms with E-state index in [0.717, 1.165) is 56.2 Å². The molecular weight excluding hydrogens is 366 g/mol. The Morgan fingerprint density at radius 2 is 1.78 bits per heavy atom. The fourth-order valence-electron chi connectivity index (χ4n) is 3.73. The second-order valence-corrected chi connectivity index (χ2v) is 8.56. The summed E-state index contributed by atoms with van der Waals surface area (Å²) in [5.74, 6) is 0.227. The minimum absolute atomic E-state index is 0.0512. The fourth-order valence-corrected chi connectivity index (χ4v) is 4.60. The highest BCUT2D eigenvalue weighted by molar-refractivity contribution is 8.00. The van der Waals surface area contributed by atoms with E-state index in [0.29, 0.717) is 17.0 Å². The van der Waals surface area contributed by atoms with E-state index >= 15 is 0 Å². The first-order valence-electron chi connectivity index (χ1n) is 9.39. The van der Waals surface area contributed by atoms with Gasteiger partial charge in [-0.25, -0.2) is 0 Å². The molecule has 0 unspecified atom stereocenters. The van der Waals surface area contributed by atoms with Crippen LogP contribution < -0.4 is 5.73 Å². The standard InChI is InChI=1S/C19H25N3O4S/c1-12-2-5-14(6-3-12)21(15-7-8-15)18(23)11-27-17-9-4-13(19(20)24)10-16(17)22(25)26/h4,9-10,12,14-15H,2-3,5-8,11H2,1H3,(H2,20,24). The van der Waals surface area contributed by atoms with Gasteiger partial charge in [0.05, 0.1) is 15.6 Å². The van der Waals surface area contributed by atoms with Gasteiger partial charge in [-0.1, -0.05) is 6.92 Å². The number of nitro benzene ring substituents is 1. The van der Waals surface area contributed by atoms with Gasteiger partial charge in [0.25, 0.3) is 5.69 Å². The Morgan fingerprint density at radius 1 is 1.19 bits per heavy atom. The quantitative estimate of drug-likeness (QED) is 0.436. The summed E-state index contributed by atoms with van der Waals surface area (Å²) in [4.78, 5) is 37.4. The zero-order valence-corrected chi connectivity index (χ0v) is 16.2. The number of rotatable bonds is 7. The third-order valence-electron chi connectivity index (χ3n) is 5.40. The summed E-state index contributed by atoms with van der Waals surface area (Å²) in [6.07, 6.45) is 6.48. The van der Waals surface area contributed by atoms with Crippen LogP contribution >= 0.6 is 11.8 Å². The van der Waals surface area contributed by atoms with E-state index in [9.17, 15) is 19.7 Å². The average molecular weight is 391 g/mol. The molecule has 0 saturated heterocycles. The molecular formula is C19H25N3O4S. The molecule has 2 aliphatic carbocycles. The number of nitrogens with zero attached hydrogens (tertiary/aromatic N) is 2. The van der Waals surface area contributed by atoms with Gasteiger partial charge in [-0.3, -0.25) is 19.7 Å². The lowest BCUT2D eigenvalue weighted by Gasteiger charge is -2.36. The Labute approximate surface area is 162 Å². The second kappa shape index (κ2) is 8.29. The molecule has 0 aromatic heterocycles. The van der Waals surface area contributed by atoms with E-state index in [1.807, 2.05) is 4.90 Å². The zero-order chi connectivity index (χ0) is 19.6. The summed E-state index contributed by atoms with van der Waals surface area (Å²) < 4.78 is 0. The topological polar surface area (TPSA) is 107 Å². The number of hydrogen-bond donors (Lipinski definition) is 1. The molecule has 1 aromatic carbocycles. The van der Waals surface area contributed by atoms with Crippen molar-refractivity contribution in [2.24, 2.45) is 11.7 Å². The molecule has 0 heterocycles. The second-order valence-electron chi connectivity index (χ2n) is 7.54. The lowest BCUT2D eigenvalue weighted by Crippen LogP contribution is -2.44. The Kier molecular flexibility index (Phi) is 6.04. The molecule has 2 aliphatic rings. The molecule has 0 radical (unpaired) electrons. The first-order valence-corrected chi connectivity index (χ1v) is 10.4. The number of thioether (sulfide) groups is 1. The fraction of sp³-hybridized carbons (Fsp3) is 0.579. The van der Waals surface area contributed by atoms with Crippen molar-refractivity contribution >= 4 is 29.3 Å². The van der Waals surface area contributed by atoms with Crippen LogP contribution in [0.3, 0.4) is 0 Å². The maximum atomic E-state index is 12.9. The van der Waals surface area contributed by atoms with Crippen molar-refractivity contribution in [3.63, 3.8) is 0 Å².